The Labute approximate surface area is 280 Å². The Hall–Kier alpha value is -6.13. The molecule has 230 valence electrons. The SMILES string of the molecule is C1=CC(c2ccc3c(c2)NC(C2C=C(c4ccccc4)N=C(c4ccccc4)N2)C=C3)Nc2cc(-c3cccc4ccccc34)ccc21. The van der Waals surface area contributed by atoms with Gasteiger partial charge in [0.1, 0.15) is 5.84 Å². The van der Waals surface area contributed by atoms with E-state index >= 15 is 0 Å². The number of fused-ring (bicyclic) bond motifs is 3. The lowest BCUT2D eigenvalue weighted by molar-refractivity contribution is 0.669. The van der Waals surface area contributed by atoms with Crippen LogP contribution in [0.5, 0.6) is 0 Å². The molecule has 3 aliphatic rings. The zero-order valence-electron chi connectivity index (χ0n) is 26.3. The Morgan fingerprint density at radius 1 is 0.500 bits per heavy atom. The van der Waals surface area contributed by atoms with E-state index in [1.54, 1.807) is 0 Å². The number of benzene rings is 6. The van der Waals surface area contributed by atoms with E-state index in [2.05, 4.69) is 174 Å². The Balaban J connectivity index is 0.987. The number of nitrogens with zero attached hydrogens (tertiary/aromatic N) is 1. The summed E-state index contributed by atoms with van der Waals surface area (Å²) in [6, 6.07) is 49.5. The fourth-order valence-electron chi connectivity index (χ4n) is 7.03. The maximum absolute atomic E-state index is 5.04. The fraction of sp³-hybridized carbons (Fsp3) is 0.0682. The summed E-state index contributed by atoms with van der Waals surface area (Å²) in [7, 11) is 0. The highest BCUT2D eigenvalue weighted by atomic mass is 15.1. The predicted octanol–water partition coefficient (Wildman–Crippen LogP) is 9.95. The van der Waals surface area contributed by atoms with Crippen LogP contribution in [0.15, 0.2) is 163 Å². The number of hydrogen-bond donors (Lipinski definition) is 3. The lowest BCUT2D eigenvalue weighted by atomic mass is 9.92. The van der Waals surface area contributed by atoms with E-state index < -0.39 is 0 Å². The molecule has 0 saturated heterocycles. The summed E-state index contributed by atoms with van der Waals surface area (Å²) in [6.07, 6.45) is 11.2. The Kier molecular flexibility index (Phi) is 6.98. The molecule has 6 aromatic carbocycles. The zero-order chi connectivity index (χ0) is 31.9. The molecule has 3 heterocycles. The molecule has 0 radical (unpaired) electrons. The van der Waals surface area contributed by atoms with Crippen LogP contribution in [0.25, 0.3) is 39.7 Å². The smallest absolute Gasteiger partial charge is 0.134 e. The number of rotatable bonds is 5. The molecular weight excluding hydrogens is 585 g/mol. The summed E-state index contributed by atoms with van der Waals surface area (Å²) < 4.78 is 0. The molecule has 0 fully saturated rings. The monoisotopic (exact) mass is 618 g/mol. The largest absolute Gasteiger partial charge is 0.376 e. The number of aliphatic imine (C=N–C) groups is 1. The number of amidine groups is 1. The summed E-state index contributed by atoms with van der Waals surface area (Å²) in [5, 5.41) is 13.9. The number of anilines is 2. The molecule has 48 heavy (non-hydrogen) atoms. The van der Waals surface area contributed by atoms with E-state index in [4.69, 9.17) is 4.99 Å². The molecule has 0 bridgehead atoms. The number of hydrogen-bond acceptors (Lipinski definition) is 4. The van der Waals surface area contributed by atoms with E-state index in [9.17, 15) is 0 Å². The molecule has 4 heteroatoms. The summed E-state index contributed by atoms with van der Waals surface area (Å²) in [5.74, 6) is 0.884. The van der Waals surface area contributed by atoms with Crippen molar-refractivity contribution in [3.63, 3.8) is 0 Å². The first-order valence-electron chi connectivity index (χ1n) is 16.6. The van der Waals surface area contributed by atoms with E-state index in [1.807, 2.05) is 12.1 Å². The van der Waals surface area contributed by atoms with Crippen LogP contribution in [-0.4, -0.2) is 17.9 Å². The quantitative estimate of drug-likeness (QED) is 0.180. The van der Waals surface area contributed by atoms with Crippen molar-refractivity contribution in [2.75, 3.05) is 10.6 Å². The standard InChI is InChI=1S/C44H34N4/c1-3-11-30(12-4-1)42-28-43(48-44(47-42)33-13-5-2-6-14-33)39-25-23-32-19-21-35(27-41(32)46-39)38-24-22-31-18-20-34(26-40(31)45-38)37-17-9-15-29-10-7-8-16-36(29)37/h1-28,38-39,43,45-46H,(H,47,48). The normalized spacial score (nSPS) is 19.2. The van der Waals surface area contributed by atoms with Crippen molar-refractivity contribution < 1.29 is 0 Å². The fourth-order valence-corrected chi connectivity index (χ4v) is 7.03. The molecular formula is C44H34N4. The maximum Gasteiger partial charge on any atom is 0.134 e. The van der Waals surface area contributed by atoms with E-state index in [1.165, 1.54) is 38.6 Å². The molecule has 3 aliphatic heterocycles. The van der Waals surface area contributed by atoms with E-state index in [0.29, 0.717) is 0 Å². The predicted molar refractivity (Wildman–Crippen MR) is 202 cm³/mol. The van der Waals surface area contributed by atoms with Gasteiger partial charge in [0, 0.05) is 16.9 Å². The lowest BCUT2D eigenvalue weighted by Gasteiger charge is -2.33. The summed E-state index contributed by atoms with van der Waals surface area (Å²) >= 11 is 0. The summed E-state index contributed by atoms with van der Waals surface area (Å²) in [5.41, 5.74) is 11.5. The second kappa shape index (κ2) is 11.9. The first-order chi connectivity index (χ1) is 23.7. The Morgan fingerprint density at radius 3 is 2.06 bits per heavy atom. The number of nitrogens with one attached hydrogen (secondary N) is 3. The second-order valence-electron chi connectivity index (χ2n) is 12.6. The van der Waals surface area contributed by atoms with Crippen molar-refractivity contribution in [1.82, 2.24) is 5.32 Å². The van der Waals surface area contributed by atoms with Crippen molar-refractivity contribution in [2.45, 2.75) is 18.1 Å². The van der Waals surface area contributed by atoms with Crippen LogP contribution in [0.3, 0.4) is 0 Å². The van der Waals surface area contributed by atoms with Gasteiger partial charge in [-0.15, -0.1) is 0 Å². The molecule has 0 saturated carbocycles. The van der Waals surface area contributed by atoms with Crippen LogP contribution in [0.1, 0.15) is 33.9 Å². The molecule has 3 N–H and O–H groups in total. The molecule has 0 aliphatic carbocycles. The molecule has 3 unspecified atom stereocenters. The average molecular weight is 619 g/mol. The third-order valence-electron chi connectivity index (χ3n) is 9.55. The summed E-state index contributed by atoms with van der Waals surface area (Å²) in [4.78, 5) is 5.04. The minimum atomic E-state index is 0.00744. The van der Waals surface area contributed by atoms with Crippen LogP contribution in [0, 0.1) is 0 Å². The van der Waals surface area contributed by atoms with Crippen LogP contribution in [-0.2, 0) is 0 Å². The van der Waals surface area contributed by atoms with Gasteiger partial charge in [-0.3, -0.25) is 0 Å². The van der Waals surface area contributed by atoms with Crippen LogP contribution in [0.4, 0.5) is 11.4 Å². The Morgan fingerprint density at radius 2 is 1.21 bits per heavy atom. The third kappa shape index (κ3) is 5.27. The van der Waals surface area contributed by atoms with Crippen molar-refractivity contribution in [2.24, 2.45) is 4.99 Å². The maximum atomic E-state index is 5.04. The van der Waals surface area contributed by atoms with E-state index in [-0.39, 0.29) is 18.1 Å². The van der Waals surface area contributed by atoms with Gasteiger partial charge in [0.05, 0.1) is 23.8 Å². The first-order valence-corrected chi connectivity index (χ1v) is 16.6. The second-order valence-corrected chi connectivity index (χ2v) is 12.6. The minimum absolute atomic E-state index is 0.00744. The van der Waals surface area contributed by atoms with Crippen LogP contribution >= 0.6 is 0 Å². The summed E-state index contributed by atoms with van der Waals surface area (Å²) in [6.45, 7) is 0. The van der Waals surface area contributed by atoms with E-state index in [0.717, 1.165) is 34.0 Å². The van der Waals surface area contributed by atoms with Crippen molar-refractivity contribution in [3.05, 3.63) is 186 Å². The Bertz CT molecular complexity index is 2280. The highest BCUT2D eigenvalue weighted by Crippen LogP contribution is 2.37. The molecule has 0 aromatic heterocycles. The van der Waals surface area contributed by atoms with Crippen molar-refractivity contribution in [3.8, 4) is 11.1 Å². The van der Waals surface area contributed by atoms with Gasteiger partial charge in [-0.1, -0.05) is 152 Å². The van der Waals surface area contributed by atoms with Crippen molar-refractivity contribution >= 4 is 45.8 Å². The lowest BCUT2D eigenvalue weighted by Crippen LogP contribution is -2.47. The topological polar surface area (TPSA) is 48.5 Å². The zero-order valence-corrected chi connectivity index (χ0v) is 26.3. The third-order valence-corrected chi connectivity index (χ3v) is 9.55. The van der Waals surface area contributed by atoms with Gasteiger partial charge in [-0.25, -0.2) is 4.99 Å². The van der Waals surface area contributed by atoms with Crippen LogP contribution < -0.4 is 16.0 Å². The van der Waals surface area contributed by atoms with Gasteiger partial charge in [0.2, 0.25) is 0 Å². The molecule has 6 aromatic rings. The van der Waals surface area contributed by atoms with Gasteiger partial charge in [-0.05, 0) is 62.4 Å². The molecule has 4 nitrogen and oxygen atoms in total. The molecule has 9 rings (SSSR count). The minimum Gasteiger partial charge on any atom is -0.376 e. The molecule has 0 amide bonds. The van der Waals surface area contributed by atoms with Crippen LogP contribution in [0.2, 0.25) is 0 Å². The van der Waals surface area contributed by atoms with Crippen molar-refractivity contribution in [1.29, 1.82) is 0 Å². The van der Waals surface area contributed by atoms with Gasteiger partial charge in [-0.2, -0.15) is 0 Å². The van der Waals surface area contributed by atoms with Gasteiger partial charge < -0.3 is 16.0 Å². The highest BCUT2D eigenvalue weighted by molar-refractivity contribution is 6.03. The van der Waals surface area contributed by atoms with Gasteiger partial charge >= 0.3 is 0 Å². The van der Waals surface area contributed by atoms with Gasteiger partial charge in [0.15, 0.2) is 0 Å². The highest BCUT2D eigenvalue weighted by Gasteiger charge is 2.27. The average Bonchev–Trinajstić information content (AvgIpc) is 3.17. The molecule has 0 spiro atoms. The molecule has 3 atom stereocenters. The van der Waals surface area contributed by atoms with Gasteiger partial charge in [0.25, 0.3) is 0 Å². The first kappa shape index (κ1) is 28.1.